The van der Waals surface area contributed by atoms with E-state index in [0.29, 0.717) is 0 Å². The Hall–Kier alpha value is -1.86. The van der Waals surface area contributed by atoms with Crippen LogP contribution < -0.4 is 0 Å². The number of hydrogen-bond acceptors (Lipinski definition) is 1. The minimum atomic E-state index is 0.184. The fourth-order valence-corrected chi connectivity index (χ4v) is 5.18. The van der Waals surface area contributed by atoms with Gasteiger partial charge in [-0.15, -0.1) is 11.3 Å². The smallest absolute Gasteiger partial charge is 0.0390 e. The lowest BCUT2D eigenvalue weighted by Gasteiger charge is -2.19. The van der Waals surface area contributed by atoms with Crippen molar-refractivity contribution in [1.82, 2.24) is 0 Å². The summed E-state index contributed by atoms with van der Waals surface area (Å²) in [7, 11) is 0. The summed E-state index contributed by atoms with van der Waals surface area (Å²) in [6.45, 7) is 6.94. The predicted octanol–water partition coefficient (Wildman–Crippen LogP) is 6.58. The van der Waals surface area contributed by atoms with E-state index in [1.807, 2.05) is 11.3 Å². The highest BCUT2D eigenvalue weighted by Crippen LogP contribution is 2.45. The maximum atomic E-state index is 2.42. The first kappa shape index (κ1) is 14.7. The Bertz CT molecular complexity index is 889. The summed E-state index contributed by atoms with van der Waals surface area (Å²) in [5, 5.41) is 1.47. The van der Waals surface area contributed by atoms with Crippen molar-refractivity contribution in [3.8, 4) is 0 Å². The van der Waals surface area contributed by atoms with E-state index in [-0.39, 0.29) is 5.41 Å². The molecule has 2 aromatic carbocycles. The van der Waals surface area contributed by atoms with E-state index in [1.165, 1.54) is 38.1 Å². The summed E-state index contributed by atoms with van der Waals surface area (Å²) in [5.74, 6) is 0. The van der Waals surface area contributed by atoms with Gasteiger partial charge in [0.2, 0.25) is 0 Å². The molecule has 0 saturated heterocycles. The minimum Gasteiger partial charge on any atom is -0.135 e. The summed E-state index contributed by atoms with van der Waals surface area (Å²) in [6, 6.07) is 17.7. The second-order valence-electron chi connectivity index (χ2n) is 7.36. The fraction of sp³-hybridized carbons (Fsp3) is 0.273. The van der Waals surface area contributed by atoms with Crippen molar-refractivity contribution in [2.75, 3.05) is 0 Å². The zero-order valence-corrected chi connectivity index (χ0v) is 14.8. The van der Waals surface area contributed by atoms with Crippen LogP contribution >= 0.6 is 11.3 Å². The van der Waals surface area contributed by atoms with Crippen LogP contribution in [0.4, 0.5) is 0 Å². The second-order valence-corrected chi connectivity index (χ2v) is 8.39. The van der Waals surface area contributed by atoms with Crippen molar-refractivity contribution in [3.05, 3.63) is 76.2 Å². The molecule has 0 bridgehead atoms. The molecule has 0 amide bonds. The molecule has 0 radical (unpaired) electrons. The maximum Gasteiger partial charge on any atom is 0.0390 e. The van der Waals surface area contributed by atoms with Crippen LogP contribution in [0, 0.1) is 0 Å². The Balaban J connectivity index is 1.97. The van der Waals surface area contributed by atoms with Gasteiger partial charge in [0.1, 0.15) is 0 Å². The maximum absolute atomic E-state index is 2.42. The molecule has 0 unspecified atom stereocenters. The van der Waals surface area contributed by atoms with Crippen LogP contribution in [0.1, 0.15) is 48.8 Å². The summed E-state index contributed by atoms with van der Waals surface area (Å²) < 4.78 is 1.48. The van der Waals surface area contributed by atoms with Crippen LogP contribution in [-0.4, -0.2) is 0 Å². The molecule has 116 valence electrons. The van der Waals surface area contributed by atoms with E-state index in [9.17, 15) is 0 Å². The molecule has 23 heavy (non-hydrogen) atoms. The van der Waals surface area contributed by atoms with Crippen LogP contribution in [0.2, 0.25) is 0 Å². The van der Waals surface area contributed by atoms with Gasteiger partial charge < -0.3 is 0 Å². The number of rotatable bonds is 1. The monoisotopic (exact) mass is 318 g/mol. The van der Waals surface area contributed by atoms with Crippen LogP contribution in [-0.2, 0) is 11.8 Å². The molecule has 3 aromatic rings. The predicted molar refractivity (Wildman–Crippen MR) is 102 cm³/mol. The third-order valence-electron chi connectivity index (χ3n) is 4.70. The first-order valence-corrected chi connectivity index (χ1v) is 9.18. The molecule has 0 fully saturated rings. The lowest BCUT2D eigenvalue weighted by Crippen LogP contribution is -2.10. The lowest BCUT2D eigenvalue weighted by molar-refractivity contribution is 0.597. The van der Waals surface area contributed by atoms with E-state index < -0.39 is 0 Å². The molecular formula is C22H22S. The Kier molecular flexibility index (Phi) is 3.42. The highest BCUT2D eigenvalue weighted by molar-refractivity contribution is 7.20. The van der Waals surface area contributed by atoms with Gasteiger partial charge in [0.15, 0.2) is 0 Å². The van der Waals surface area contributed by atoms with Gasteiger partial charge in [-0.2, -0.15) is 0 Å². The van der Waals surface area contributed by atoms with Crippen molar-refractivity contribution in [3.63, 3.8) is 0 Å². The van der Waals surface area contributed by atoms with Gasteiger partial charge in [-0.3, -0.25) is 0 Å². The summed E-state index contributed by atoms with van der Waals surface area (Å²) >= 11 is 1.99. The third-order valence-corrected chi connectivity index (χ3v) is 6.01. The second kappa shape index (κ2) is 5.35. The third kappa shape index (κ3) is 2.44. The number of thiophene rings is 1. The lowest BCUT2D eigenvalue weighted by atomic mass is 9.85. The number of aryl methyl sites for hydroxylation is 1. The van der Waals surface area contributed by atoms with E-state index in [0.717, 1.165) is 6.42 Å². The average molecular weight is 318 g/mol. The van der Waals surface area contributed by atoms with Crippen LogP contribution in [0.5, 0.6) is 0 Å². The molecule has 1 aliphatic rings. The highest BCUT2D eigenvalue weighted by Gasteiger charge is 2.24. The van der Waals surface area contributed by atoms with Crippen LogP contribution in [0.25, 0.3) is 15.7 Å². The fourth-order valence-electron chi connectivity index (χ4n) is 3.55. The first-order chi connectivity index (χ1) is 11.1. The molecule has 1 aliphatic carbocycles. The summed E-state index contributed by atoms with van der Waals surface area (Å²) in [4.78, 5) is 1.48. The molecular weight excluding hydrogens is 296 g/mol. The summed E-state index contributed by atoms with van der Waals surface area (Å²) in [5.41, 5.74) is 5.98. The van der Waals surface area contributed by atoms with Gasteiger partial charge >= 0.3 is 0 Å². The molecule has 0 aliphatic heterocycles. The van der Waals surface area contributed by atoms with Gasteiger partial charge in [-0.25, -0.2) is 0 Å². The molecule has 0 nitrogen and oxygen atoms in total. The van der Waals surface area contributed by atoms with Gasteiger partial charge in [0.05, 0.1) is 0 Å². The van der Waals surface area contributed by atoms with Crippen LogP contribution in [0.15, 0.2) is 54.6 Å². The number of fused-ring (bicyclic) bond motifs is 3. The molecule has 1 heteroatoms. The Morgan fingerprint density at radius 3 is 2.43 bits per heavy atom. The Morgan fingerprint density at radius 2 is 1.70 bits per heavy atom. The topological polar surface area (TPSA) is 0 Å². The molecule has 0 atom stereocenters. The standard InChI is InChI=1S/C22H22S/c1-22(2,3)19-14-8-13-18-17-12-7-11-16(20(17)23-21(18)19)15-9-5-4-6-10-15/h4-6,8-11,13-14H,7,12H2,1-3H3. The zero-order chi connectivity index (χ0) is 16.0. The van der Waals surface area contributed by atoms with Crippen molar-refractivity contribution in [2.24, 2.45) is 0 Å². The molecule has 0 spiro atoms. The SMILES string of the molecule is CC(C)(C)c1cccc2c3c(sc12)C(c1ccccc1)=CCC3. The van der Waals surface area contributed by atoms with Gasteiger partial charge in [-0.1, -0.05) is 75.4 Å². The van der Waals surface area contributed by atoms with Gasteiger partial charge in [-0.05, 0) is 45.9 Å². The molecule has 0 saturated carbocycles. The average Bonchev–Trinajstić information content (AvgIpc) is 2.93. The van der Waals surface area contributed by atoms with E-state index in [1.54, 1.807) is 5.56 Å². The van der Waals surface area contributed by atoms with E-state index in [2.05, 4.69) is 75.4 Å². The minimum absolute atomic E-state index is 0.184. The molecule has 1 aromatic heterocycles. The Labute approximate surface area is 142 Å². The molecule has 1 heterocycles. The van der Waals surface area contributed by atoms with Crippen molar-refractivity contribution in [1.29, 1.82) is 0 Å². The quantitative estimate of drug-likeness (QED) is 0.475. The molecule has 0 N–H and O–H groups in total. The van der Waals surface area contributed by atoms with Gasteiger partial charge in [0.25, 0.3) is 0 Å². The number of benzene rings is 2. The largest absolute Gasteiger partial charge is 0.135 e. The summed E-state index contributed by atoms with van der Waals surface area (Å²) in [6.07, 6.45) is 4.73. The first-order valence-electron chi connectivity index (χ1n) is 8.36. The number of hydrogen-bond donors (Lipinski definition) is 0. The molecule has 4 rings (SSSR count). The van der Waals surface area contributed by atoms with Crippen molar-refractivity contribution >= 4 is 27.0 Å². The van der Waals surface area contributed by atoms with Gasteiger partial charge in [0, 0.05) is 9.58 Å². The van der Waals surface area contributed by atoms with Crippen LogP contribution in [0.3, 0.4) is 0 Å². The Morgan fingerprint density at radius 1 is 0.913 bits per heavy atom. The zero-order valence-electron chi connectivity index (χ0n) is 14.0. The van der Waals surface area contributed by atoms with Crippen molar-refractivity contribution < 1.29 is 0 Å². The van der Waals surface area contributed by atoms with E-state index >= 15 is 0 Å². The van der Waals surface area contributed by atoms with E-state index in [4.69, 9.17) is 0 Å². The normalized spacial score (nSPS) is 14.7. The van der Waals surface area contributed by atoms with Crippen molar-refractivity contribution in [2.45, 2.75) is 39.0 Å². The highest BCUT2D eigenvalue weighted by atomic mass is 32.1. The number of allylic oxidation sites excluding steroid dienone is 1.